The highest BCUT2D eigenvalue weighted by atomic mass is 31.2. The van der Waals surface area contributed by atoms with Gasteiger partial charge in [-0.15, -0.1) is 0 Å². The third-order valence-corrected chi connectivity index (χ3v) is 21.4. The maximum Gasteiger partial charge on any atom is 0.472 e. The Balaban J connectivity index is 4.61. The van der Waals surface area contributed by atoms with Crippen molar-refractivity contribution in [1.82, 2.24) is 0 Å². The van der Waals surface area contributed by atoms with Crippen molar-refractivity contribution < 1.29 is 75.8 Å². The van der Waals surface area contributed by atoms with Crippen molar-refractivity contribution in [3.8, 4) is 0 Å². The van der Waals surface area contributed by atoms with Crippen LogP contribution in [0, 0.1) is 0 Å². The van der Waals surface area contributed by atoms with Crippen LogP contribution in [0.3, 0.4) is 0 Å². The number of hydrogen-bond acceptors (Lipinski definition) is 14. The Morgan fingerprint density at radius 3 is 0.653 bits per heavy atom. The first kappa shape index (κ1) is 115. The largest absolute Gasteiger partial charge is 0.472 e. The molecule has 0 saturated heterocycles. The summed E-state index contributed by atoms with van der Waals surface area (Å²) in [5, 5.41) is 20.8. The van der Waals surface area contributed by atoms with Gasteiger partial charge >= 0.3 is 33.6 Å². The summed E-state index contributed by atoms with van der Waals surface area (Å²) in [6.07, 6.45) is 126. The molecule has 16 nitrogen and oxygen atoms in total. The first-order valence-electron chi connectivity index (χ1n) is 47.4. The van der Waals surface area contributed by atoms with E-state index >= 15 is 0 Å². The van der Waals surface area contributed by atoms with Gasteiger partial charge in [0.2, 0.25) is 0 Å². The second-order valence-corrected chi connectivity index (χ2v) is 33.9. The first-order valence-corrected chi connectivity index (χ1v) is 50.4. The van der Waals surface area contributed by atoms with Crippen molar-refractivity contribution >= 4 is 33.6 Å². The van der Waals surface area contributed by atoms with Crippen molar-refractivity contribution in [3.05, 3.63) is 207 Å². The molecule has 0 spiro atoms. The molecule has 18 heteroatoms. The smallest absolute Gasteiger partial charge is 0.463 e. The number of allylic oxidation sites excluding steroid dienone is 34. The molecule has 0 bridgehead atoms. The van der Waals surface area contributed by atoms with Crippen LogP contribution in [0.15, 0.2) is 207 Å². The summed E-state index contributed by atoms with van der Waals surface area (Å²) in [7, 11) is -9.83. The molecule has 0 aromatic rings. The molecule has 0 saturated carbocycles. The minimum atomic E-state index is -4.96. The Morgan fingerprint density at radius 2 is 0.413 bits per heavy atom. The molecule has 0 radical (unpaired) electrons. The van der Waals surface area contributed by atoms with Crippen LogP contribution in [0.25, 0.3) is 0 Å². The third-order valence-electron chi connectivity index (χ3n) is 19.5. The topological polar surface area (TPSA) is 231 Å². The quantitative estimate of drug-likeness (QED) is 0.0146. The van der Waals surface area contributed by atoms with Crippen LogP contribution in [0.4, 0.5) is 0 Å². The highest BCUT2D eigenvalue weighted by Crippen LogP contribution is 2.45. The van der Waals surface area contributed by atoms with E-state index in [0.29, 0.717) is 19.3 Å². The van der Waals surface area contributed by atoms with Gasteiger partial charge < -0.3 is 34.2 Å². The molecule has 0 fully saturated rings. The number of ether oxygens (including phenoxy) is 3. The van der Waals surface area contributed by atoms with Crippen molar-refractivity contribution in [2.24, 2.45) is 0 Å². The Labute approximate surface area is 737 Å². The van der Waals surface area contributed by atoms with Gasteiger partial charge in [-0.2, -0.15) is 0 Å². The Morgan fingerprint density at radius 1 is 0.231 bits per heavy atom. The van der Waals surface area contributed by atoms with E-state index in [1.54, 1.807) is 0 Å². The zero-order chi connectivity index (χ0) is 87.9. The van der Waals surface area contributed by atoms with E-state index in [0.717, 1.165) is 205 Å². The SMILES string of the molecule is CC/C=C\C/C=C\C/C=C\C/C=C\C/C=C\C/C=C\CCCCCCCCC(=O)OCC(COP(=O)(O)OCC(O)COP(=O)(O)OCC(O)COC(=O)CCCCCCCCCCCCCCCCCCCCC/C=C\C/C=C\C/C=C\C/C=C\C/C=C\CC)OC(=O)CCCCCCCC/C=C\C/C=C\C/C=C\C/C=C\C/C=C\C/C=C\CC. The van der Waals surface area contributed by atoms with Crippen molar-refractivity contribution in [3.63, 3.8) is 0 Å². The van der Waals surface area contributed by atoms with Crippen LogP contribution >= 0.6 is 15.6 Å². The van der Waals surface area contributed by atoms with Gasteiger partial charge in [0, 0.05) is 19.3 Å². The van der Waals surface area contributed by atoms with E-state index in [1.165, 1.54) is 103 Å². The molecule has 0 heterocycles. The van der Waals surface area contributed by atoms with E-state index in [-0.39, 0.29) is 19.3 Å². The van der Waals surface area contributed by atoms with Crippen molar-refractivity contribution in [2.45, 2.75) is 386 Å². The van der Waals surface area contributed by atoms with Crippen LogP contribution in [-0.4, -0.2) is 95.9 Å². The second kappa shape index (κ2) is 93.3. The highest BCUT2D eigenvalue weighted by Gasteiger charge is 2.29. The van der Waals surface area contributed by atoms with Gasteiger partial charge in [0.05, 0.1) is 26.4 Å². The zero-order valence-corrected chi connectivity index (χ0v) is 77.7. The number of carbonyl (C=O) groups excluding carboxylic acids is 3. The van der Waals surface area contributed by atoms with Gasteiger partial charge in [-0.25, -0.2) is 9.13 Å². The number of unbranched alkanes of at least 4 members (excludes halogenated alkanes) is 31. The fraction of sp³-hybridized carbons (Fsp3) is 0.641. The molecule has 0 aliphatic rings. The molecule has 0 aromatic carbocycles. The number of aliphatic hydroxyl groups excluding tert-OH is 2. The lowest BCUT2D eigenvalue weighted by Gasteiger charge is -2.21. The number of phosphoric ester groups is 2. The van der Waals surface area contributed by atoms with E-state index in [1.807, 2.05) is 0 Å². The Hall–Kier alpha value is -5.87. The number of rotatable bonds is 88. The maximum atomic E-state index is 13.1. The van der Waals surface area contributed by atoms with Gasteiger partial charge in [0.25, 0.3) is 0 Å². The molecule has 5 atom stereocenters. The Kier molecular flexibility index (Phi) is 88.8. The number of esters is 3. The van der Waals surface area contributed by atoms with E-state index < -0.39 is 91.5 Å². The molecule has 4 N–H and O–H groups in total. The number of carbonyl (C=O) groups is 3. The molecular formula is C103H170O16P2. The predicted octanol–water partition coefficient (Wildman–Crippen LogP) is 29.6. The highest BCUT2D eigenvalue weighted by molar-refractivity contribution is 7.47. The van der Waals surface area contributed by atoms with Gasteiger partial charge in [-0.3, -0.25) is 32.5 Å². The van der Waals surface area contributed by atoms with Gasteiger partial charge in [0.1, 0.15) is 25.4 Å². The summed E-state index contributed by atoms with van der Waals surface area (Å²) >= 11 is 0. The molecule has 0 aliphatic carbocycles. The Bertz CT molecular complexity index is 3030. The molecule has 121 heavy (non-hydrogen) atoms. The van der Waals surface area contributed by atoms with Crippen LogP contribution in [0.5, 0.6) is 0 Å². The lowest BCUT2D eigenvalue weighted by molar-refractivity contribution is -0.161. The lowest BCUT2D eigenvalue weighted by Crippen LogP contribution is -2.30. The number of phosphoric acid groups is 2. The molecule has 0 aromatic heterocycles. The van der Waals surface area contributed by atoms with Gasteiger partial charge in [-0.05, 0) is 167 Å². The zero-order valence-electron chi connectivity index (χ0n) is 75.9. The summed E-state index contributed by atoms with van der Waals surface area (Å²) in [5.41, 5.74) is 0. The normalized spacial score (nSPS) is 14.7. The molecule has 688 valence electrons. The summed E-state index contributed by atoms with van der Waals surface area (Å²) < 4.78 is 61.5. The number of hydrogen-bond donors (Lipinski definition) is 4. The third kappa shape index (κ3) is 94.6. The monoisotopic (exact) mass is 1730 g/mol. The minimum Gasteiger partial charge on any atom is -0.463 e. The van der Waals surface area contributed by atoms with Crippen LogP contribution in [-0.2, 0) is 55.8 Å². The average molecular weight is 1730 g/mol. The van der Waals surface area contributed by atoms with Crippen molar-refractivity contribution in [1.29, 1.82) is 0 Å². The van der Waals surface area contributed by atoms with Crippen LogP contribution in [0.2, 0.25) is 0 Å². The lowest BCUT2D eigenvalue weighted by atomic mass is 10.0. The molecule has 0 rings (SSSR count). The van der Waals surface area contributed by atoms with Crippen LogP contribution < -0.4 is 0 Å². The van der Waals surface area contributed by atoms with Crippen molar-refractivity contribution in [2.75, 3.05) is 39.6 Å². The fourth-order valence-corrected chi connectivity index (χ4v) is 14.0. The van der Waals surface area contributed by atoms with E-state index in [2.05, 4.69) is 227 Å². The van der Waals surface area contributed by atoms with E-state index in [4.69, 9.17) is 32.3 Å². The summed E-state index contributed by atoms with van der Waals surface area (Å²) in [6.45, 7) is 2.33. The number of aliphatic hydroxyl groups is 2. The molecule has 5 unspecified atom stereocenters. The first-order chi connectivity index (χ1) is 59.2. The average Bonchev–Trinajstić information content (AvgIpc) is 0.899. The predicted molar refractivity (Wildman–Crippen MR) is 509 cm³/mol. The minimum absolute atomic E-state index is 0.0756. The van der Waals surface area contributed by atoms with E-state index in [9.17, 15) is 43.5 Å². The maximum absolute atomic E-state index is 13.1. The summed E-state index contributed by atoms with van der Waals surface area (Å²) in [4.78, 5) is 59.1. The fourth-order valence-electron chi connectivity index (χ4n) is 12.4. The summed E-state index contributed by atoms with van der Waals surface area (Å²) in [5.74, 6) is -1.61. The summed E-state index contributed by atoms with van der Waals surface area (Å²) in [6, 6.07) is 0. The molecule has 0 amide bonds. The van der Waals surface area contributed by atoms with Crippen LogP contribution in [0.1, 0.15) is 367 Å². The second-order valence-electron chi connectivity index (χ2n) is 31.0. The molecular weight excluding hydrogens is 1560 g/mol. The standard InChI is InChI=1S/C103H170O16P2/c1-4-7-10-13-16-19-22-25-28-31-34-37-40-43-44-45-46-47-48-49-50-51-52-55-57-59-62-65-68-71-74-77-80-83-86-89-101(106)113-92-98(104)93-115-120(109,110)116-94-99(105)95-117-121(111,112)118-97-100(119-103(108)91-88-85-82-79-76-73-70-67-64-61-58-54-42-39-36-33-30-27-24-21-18-15-12-9-6-3)96-114-102(107)90-87-84-81-78-75-72-69-66-63-60-56-53-41-38-35-32-29-26-23-20-17-14-11-8-5-2/h7-12,16-21,25-30,34-39,43-44,53-54,56,58,63-64,66-67,98-100,104-105H,4-6,13-15,22-24,31-33,40-42,45-52,55,57,59-62,65,68-97H2,1-3H3,(H,109,110)(H,111,112)/b10-7-,11-8-,12-9-,19-16-,20-17-,21-18-,28-25-,29-26-,30-27-,37-34-,38-35-,39-36-,44-43-,56-53-,58-54-,66-63-,67-64-. The van der Waals surface area contributed by atoms with Gasteiger partial charge in [0.15, 0.2) is 6.10 Å². The van der Waals surface area contributed by atoms with Gasteiger partial charge in [-0.1, -0.05) is 388 Å². The molecule has 0 aliphatic heterocycles.